The van der Waals surface area contributed by atoms with Crippen molar-refractivity contribution in [2.24, 2.45) is 5.73 Å². The van der Waals surface area contributed by atoms with Crippen molar-refractivity contribution in [3.63, 3.8) is 0 Å². The van der Waals surface area contributed by atoms with E-state index in [-0.39, 0.29) is 12.0 Å². The highest BCUT2D eigenvalue weighted by Gasteiger charge is 2.26. The van der Waals surface area contributed by atoms with Gasteiger partial charge < -0.3 is 5.73 Å². The van der Waals surface area contributed by atoms with Crippen molar-refractivity contribution in [2.75, 3.05) is 0 Å². The maximum atomic E-state index is 13.7. The Morgan fingerprint density at radius 1 is 1.20 bits per heavy atom. The van der Waals surface area contributed by atoms with Crippen LogP contribution in [0.3, 0.4) is 0 Å². The molecule has 0 saturated heterocycles. The van der Waals surface area contributed by atoms with E-state index in [0.29, 0.717) is 10.6 Å². The Bertz CT molecular complexity index is 644. The van der Waals surface area contributed by atoms with Crippen molar-refractivity contribution in [2.45, 2.75) is 18.9 Å². The van der Waals surface area contributed by atoms with Gasteiger partial charge in [-0.05, 0) is 54.8 Å². The quantitative estimate of drug-likeness (QED) is 0.836. The molecule has 2 rings (SSSR count). The summed E-state index contributed by atoms with van der Waals surface area (Å²) in [7, 11) is 0. The van der Waals surface area contributed by atoms with Crippen LogP contribution in [0, 0.1) is 11.6 Å². The molecule has 1 atom stereocenters. The first-order valence-electron chi connectivity index (χ1n) is 5.98. The van der Waals surface area contributed by atoms with Gasteiger partial charge in [-0.3, -0.25) is 0 Å². The lowest BCUT2D eigenvalue weighted by molar-refractivity contribution is 0.472. The lowest BCUT2D eigenvalue weighted by atomic mass is 9.86. The molecule has 0 amide bonds. The molecule has 0 heterocycles. The summed E-state index contributed by atoms with van der Waals surface area (Å²) in [6.07, 6.45) is 0.151. The highest BCUT2D eigenvalue weighted by Crippen LogP contribution is 2.31. The number of hydrogen-bond donors (Lipinski definition) is 1. The predicted molar refractivity (Wildman–Crippen MR) is 80.8 cm³/mol. The third-order valence-corrected chi connectivity index (χ3v) is 3.92. The molecule has 1 nitrogen and oxygen atoms in total. The summed E-state index contributed by atoms with van der Waals surface area (Å²) in [5, 5.41) is 0.487. The van der Waals surface area contributed by atoms with Crippen LogP contribution in [0.25, 0.3) is 0 Å². The molecular formula is C15H13BrClF2N. The maximum absolute atomic E-state index is 13.7. The van der Waals surface area contributed by atoms with Crippen LogP contribution in [0.5, 0.6) is 0 Å². The van der Waals surface area contributed by atoms with E-state index >= 15 is 0 Å². The lowest BCUT2D eigenvalue weighted by Crippen LogP contribution is -2.36. The van der Waals surface area contributed by atoms with Gasteiger partial charge in [-0.15, -0.1) is 0 Å². The number of hydrogen-bond acceptors (Lipinski definition) is 1. The molecule has 0 aromatic heterocycles. The van der Waals surface area contributed by atoms with E-state index in [1.54, 1.807) is 19.1 Å². The van der Waals surface area contributed by atoms with Crippen LogP contribution >= 0.6 is 27.5 Å². The Hall–Kier alpha value is -0.970. The Labute approximate surface area is 129 Å². The van der Waals surface area contributed by atoms with Crippen LogP contribution < -0.4 is 5.73 Å². The van der Waals surface area contributed by atoms with Crippen molar-refractivity contribution >= 4 is 27.5 Å². The number of rotatable bonds is 3. The van der Waals surface area contributed by atoms with Gasteiger partial charge in [0.05, 0.1) is 0 Å². The van der Waals surface area contributed by atoms with Gasteiger partial charge in [0, 0.05) is 15.0 Å². The SMILES string of the molecule is CC(N)(Cc1cc(F)ccc1F)c1ccc(Br)cc1Cl. The monoisotopic (exact) mass is 359 g/mol. The second-order valence-electron chi connectivity index (χ2n) is 4.95. The second kappa shape index (κ2) is 5.80. The smallest absolute Gasteiger partial charge is 0.126 e. The van der Waals surface area contributed by atoms with Crippen molar-refractivity contribution in [3.05, 3.63) is 68.7 Å². The van der Waals surface area contributed by atoms with E-state index in [1.807, 2.05) is 6.07 Å². The zero-order valence-corrected chi connectivity index (χ0v) is 13.1. The molecule has 1 unspecified atom stereocenters. The van der Waals surface area contributed by atoms with Crippen LogP contribution in [-0.4, -0.2) is 0 Å². The van der Waals surface area contributed by atoms with Gasteiger partial charge in [0.1, 0.15) is 11.6 Å². The first kappa shape index (κ1) is 15.4. The predicted octanol–water partition coefficient (Wildman–Crippen LogP) is 4.80. The highest BCUT2D eigenvalue weighted by atomic mass is 79.9. The molecule has 106 valence electrons. The summed E-state index contributed by atoms with van der Waals surface area (Å²) in [6, 6.07) is 8.66. The average Bonchev–Trinajstić information content (AvgIpc) is 2.33. The zero-order valence-electron chi connectivity index (χ0n) is 10.8. The second-order valence-corrected chi connectivity index (χ2v) is 6.28. The van der Waals surface area contributed by atoms with Gasteiger partial charge >= 0.3 is 0 Å². The van der Waals surface area contributed by atoms with Crippen LogP contribution in [0.4, 0.5) is 8.78 Å². The van der Waals surface area contributed by atoms with Crippen molar-refractivity contribution < 1.29 is 8.78 Å². The minimum Gasteiger partial charge on any atom is -0.321 e. The fraction of sp³-hybridized carbons (Fsp3) is 0.200. The van der Waals surface area contributed by atoms with Crippen molar-refractivity contribution in [3.8, 4) is 0 Å². The van der Waals surface area contributed by atoms with Gasteiger partial charge in [-0.2, -0.15) is 0 Å². The largest absolute Gasteiger partial charge is 0.321 e. The normalized spacial score (nSPS) is 14.1. The molecule has 0 saturated carbocycles. The number of halogens is 4. The molecule has 0 spiro atoms. The first-order valence-corrected chi connectivity index (χ1v) is 7.15. The minimum absolute atomic E-state index is 0.151. The molecule has 2 aromatic carbocycles. The molecule has 2 N–H and O–H groups in total. The summed E-state index contributed by atoms with van der Waals surface area (Å²) in [4.78, 5) is 0. The molecule has 5 heteroatoms. The average molecular weight is 361 g/mol. The standard InChI is InChI=1S/C15H13BrClF2N/c1-15(20,12-4-2-10(16)7-13(12)17)8-9-6-11(18)3-5-14(9)19/h2-7H,8,20H2,1H3. The van der Waals surface area contributed by atoms with Crippen LogP contribution in [-0.2, 0) is 12.0 Å². The van der Waals surface area contributed by atoms with E-state index in [9.17, 15) is 8.78 Å². The van der Waals surface area contributed by atoms with Crippen molar-refractivity contribution in [1.29, 1.82) is 0 Å². The molecule has 20 heavy (non-hydrogen) atoms. The molecule has 0 bridgehead atoms. The summed E-state index contributed by atoms with van der Waals surface area (Å²) < 4.78 is 27.8. The maximum Gasteiger partial charge on any atom is 0.126 e. The van der Waals surface area contributed by atoms with E-state index in [1.165, 1.54) is 0 Å². The fourth-order valence-electron chi connectivity index (χ4n) is 2.12. The minimum atomic E-state index is -0.896. The molecule has 2 aromatic rings. The van der Waals surface area contributed by atoms with Gasteiger partial charge in [0.2, 0.25) is 0 Å². The van der Waals surface area contributed by atoms with Crippen LogP contribution in [0.1, 0.15) is 18.1 Å². The number of nitrogens with two attached hydrogens (primary N) is 1. The van der Waals surface area contributed by atoms with Crippen molar-refractivity contribution in [1.82, 2.24) is 0 Å². The molecule has 0 fully saturated rings. The van der Waals surface area contributed by atoms with Gasteiger partial charge in [0.25, 0.3) is 0 Å². The van der Waals surface area contributed by atoms with Gasteiger partial charge in [-0.1, -0.05) is 33.6 Å². The van der Waals surface area contributed by atoms with E-state index < -0.39 is 17.2 Å². The molecule has 0 aliphatic carbocycles. The summed E-state index contributed by atoms with van der Waals surface area (Å²) in [5.41, 5.74) is 6.27. The Morgan fingerprint density at radius 2 is 1.90 bits per heavy atom. The lowest BCUT2D eigenvalue weighted by Gasteiger charge is -2.27. The topological polar surface area (TPSA) is 26.0 Å². The summed E-state index contributed by atoms with van der Waals surface area (Å²) in [6.45, 7) is 1.74. The van der Waals surface area contributed by atoms with E-state index in [4.69, 9.17) is 17.3 Å². The first-order chi connectivity index (χ1) is 9.29. The summed E-state index contributed by atoms with van der Waals surface area (Å²) >= 11 is 9.49. The number of benzene rings is 2. The van der Waals surface area contributed by atoms with Crippen LogP contribution in [0.2, 0.25) is 5.02 Å². The third kappa shape index (κ3) is 3.37. The summed E-state index contributed by atoms with van der Waals surface area (Å²) in [5.74, 6) is -0.963. The zero-order chi connectivity index (χ0) is 14.9. The Morgan fingerprint density at radius 3 is 2.55 bits per heavy atom. The fourth-order valence-corrected chi connectivity index (χ4v) is 3.01. The Balaban J connectivity index is 2.37. The Kier molecular flexibility index (Phi) is 4.47. The molecular weight excluding hydrogens is 348 g/mol. The third-order valence-electron chi connectivity index (χ3n) is 3.11. The molecule has 0 aliphatic heterocycles. The highest BCUT2D eigenvalue weighted by molar-refractivity contribution is 9.10. The van der Waals surface area contributed by atoms with Gasteiger partial charge in [-0.25, -0.2) is 8.78 Å². The van der Waals surface area contributed by atoms with Crippen LogP contribution in [0.15, 0.2) is 40.9 Å². The molecule has 0 aliphatic rings. The molecule has 0 radical (unpaired) electrons. The van der Waals surface area contributed by atoms with Gasteiger partial charge in [0.15, 0.2) is 0 Å². The van der Waals surface area contributed by atoms with E-state index in [2.05, 4.69) is 15.9 Å². The van der Waals surface area contributed by atoms with E-state index in [0.717, 1.165) is 22.7 Å².